The van der Waals surface area contributed by atoms with Crippen molar-refractivity contribution >= 4 is 34.8 Å². The van der Waals surface area contributed by atoms with Gasteiger partial charge in [-0.2, -0.15) is 0 Å². The fourth-order valence-corrected chi connectivity index (χ4v) is 2.35. The topological polar surface area (TPSA) is 32.3 Å². The lowest BCUT2D eigenvalue weighted by Gasteiger charge is -2.24. The molecular weight excluding hydrogens is 319 g/mol. The molecule has 1 atom stereocenters. The number of nitrogens with one attached hydrogen (secondary N) is 1. The molecule has 0 spiro atoms. The summed E-state index contributed by atoms with van der Waals surface area (Å²) in [7, 11) is 1.90. The third-order valence-electron chi connectivity index (χ3n) is 3.50. The third-order valence-corrected chi connectivity index (χ3v) is 4.24. The first-order valence-electron chi connectivity index (χ1n) is 6.97. The van der Waals surface area contributed by atoms with Gasteiger partial charge in [0.05, 0.1) is 16.1 Å². The molecule has 1 N–H and O–H groups in total. The predicted molar refractivity (Wildman–Crippen MR) is 92.5 cm³/mol. The quantitative estimate of drug-likeness (QED) is 0.874. The van der Waals surface area contributed by atoms with Crippen LogP contribution in [0.15, 0.2) is 48.5 Å². The molecule has 22 heavy (non-hydrogen) atoms. The van der Waals surface area contributed by atoms with E-state index in [9.17, 15) is 4.79 Å². The second-order valence-corrected chi connectivity index (χ2v) is 6.01. The van der Waals surface area contributed by atoms with Gasteiger partial charge in [0.15, 0.2) is 0 Å². The zero-order valence-electron chi connectivity index (χ0n) is 12.5. The highest BCUT2D eigenvalue weighted by molar-refractivity contribution is 6.42. The number of para-hydroxylation sites is 1. The molecule has 5 heteroatoms. The molecule has 0 bridgehead atoms. The van der Waals surface area contributed by atoms with Crippen molar-refractivity contribution in [1.29, 1.82) is 0 Å². The number of anilines is 1. The highest BCUT2D eigenvalue weighted by Gasteiger charge is 2.18. The first-order valence-corrected chi connectivity index (χ1v) is 7.73. The minimum atomic E-state index is -0.269. The summed E-state index contributed by atoms with van der Waals surface area (Å²) in [6.07, 6.45) is 0. The largest absolute Gasteiger partial charge is 0.325 e. The lowest BCUT2D eigenvalue weighted by Crippen LogP contribution is -2.39. The van der Waals surface area contributed by atoms with Gasteiger partial charge in [0.25, 0.3) is 0 Å². The Kier molecular flexibility index (Phi) is 5.83. The maximum Gasteiger partial charge on any atom is 0.241 e. The van der Waals surface area contributed by atoms with Crippen molar-refractivity contribution in [1.82, 2.24) is 4.90 Å². The number of hydrogen-bond acceptors (Lipinski definition) is 2. The summed E-state index contributed by atoms with van der Waals surface area (Å²) in [6, 6.07) is 14.6. The van der Waals surface area contributed by atoms with Crippen LogP contribution in [0.2, 0.25) is 10.0 Å². The second kappa shape index (κ2) is 7.63. The molecule has 0 radical (unpaired) electrons. The molecule has 3 nitrogen and oxygen atoms in total. The van der Waals surface area contributed by atoms with Crippen molar-refractivity contribution in [3.05, 3.63) is 64.1 Å². The molecule has 1 unspecified atom stereocenters. The van der Waals surface area contributed by atoms with E-state index in [0.717, 1.165) is 11.3 Å². The van der Waals surface area contributed by atoms with Crippen LogP contribution in [-0.2, 0) is 11.3 Å². The number of carbonyl (C=O) groups is 1. The monoisotopic (exact) mass is 336 g/mol. The maximum atomic E-state index is 12.3. The molecule has 0 aliphatic heterocycles. The molecule has 0 saturated carbocycles. The number of likely N-dealkylation sites (N-methyl/N-ethyl adjacent to an activating group) is 1. The predicted octanol–water partition coefficient (Wildman–Crippen LogP) is 4.45. The van der Waals surface area contributed by atoms with E-state index in [1.165, 1.54) is 0 Å². The van der Waals surface area contributed by atoms with Crippen LogP contribution in [0.3, 0.4) is 0 Å². The fraction of sp³-hybridized carbons (Fsp3) is 0.235. The van der Waals surface area contributed by atoms with Crippen LogP contribution < -0.4 is 5.32 Å². The van der Waals surface area contributed by atoms with Gasteiger partial charge in [-0.05, 0) is 43.8 Å². The smallest absolute Gasteiger partial charge is 0.241 e. The van der Waals surface area contributed by atoms with E-state index in [1.54, 1.807) is 6.07 Å². The normalized spacial score (nSPS) is 12.2. The Morgan fingerprint density at radius 2 is 1.82 bits per heavy atom. The van der Waals surface area contributed by atoms with Gasteiger partial charge < -0.3 is 5.32 Å². The van der Waals surface area contributed by atoms with Crippen molar-refractivity contribution in [2.24, 2.45) is 0 Å². The van der Waals surface area contributed by atoms with E-state index in [4.69, 9.17) is 23.2 Å². The molecule has 0 aliphatic carbocycles. The summed E-state index contributed by atoms with van der Waals surface area (Å²) in [5.74, 6) is -0.0474. The number of hydrogen-bond donors (Lipinski definition) is 1. The Hall–Kier alpha value is -1.55. The highest BCUT2D eigenvalue weighted by atomic mass is 35.5. The van der Waals surface area contributed by atoms with E-state index in [0.29, 0.717) is 16.6 Å². The summed E-state index contributed by atoms with van der Waals surface area (Å²) < 4.78 is 0. The van der Waals surface area contributed by atoms with Crippen molar-refractivity contribution in [3.63, 3.8) is 0 Å². The lowest BCUT2D eigenvalue weighted by molar-refractivity contribution is -0.120. The van der Waals surface area contributed by atoms with Gasteiger partial charge in [-0.15, -0.1) is 0 Å². The summed E-state index contributed by atoms with van der Waals surface area (Å²) in [6.45, 7) is 2.48. The average molecular weight is 337 g/mol. The number of amides is 1. The first-order chi connectivity index (χ1) is 10.5. The fourth-order valence-electron chi connectivity index (χ4n) is 2.03. The molecular formula is C17H18Cl2N2O. The van der Waals surface area contributed by atoms with Crippen molar-refractivity contribution in [2.45, 2.75) is 19.5 Å². The molecule has 116 valence electrons. The Balaban J connectivity index is 1.97. The zero-order chi connectivity index (χ0) is 16.1. The number of halogens is 2. The molecule has 2 aromatic rings. The highest BCUT2D eigenvalue weighted by Crippen LogP contribution is 2.23. The second-order valence-electron chi connectivity index (χ2n) is 5.19. The molecule has 1 amide bonds. The van der Waals surface area contributed by atoms with Crippen LogP contribution in [0.5, 0.6) is 0 Å². The van der Waals surface area contributed by atoms with Crippen LogP contribution in [0.4, 0.5) is 5.69 Å². The van der Waals surface area contributed by atoms with E-state index < -0.39 is 0 Å². The molecule has 0 heterocycles. The molecule has 0 aromatic heterocycles. The molecule has 0 aliphatic rings. The standard InChI is InChI=1S/C17H18Cl2N2O/c1-12(17(22)20-14-6-4-3-5-7-14)21(2)11-13-8-9-15(18)16(19)10-13/h3-10,12H,11H2,1-2H3,(H,20,22). The van der Waals surface area contributed by atoms with Crippen LogP contribution in [0.25, 0.3) is 0 Å². The van der Waals surface area contributed by atoms with Crippen LogP contribution in [0, 0.1) is 0 Å². The van der Waals surface area contributed by atoms with E-state index >= 15 is 0 Å². The van der Waals surface area contributed by atoms with Gasteiger partial charge in [-0.3, -0.25) is 9.69 Å². The number of rotatable bonds is 5. The molecule has 0 saturated heterocycles. The molecule has 2 rings (SSSR count). The Bertz CT molecular complexity index is 646. The average Bonchev–Trinajstić information content (AvgIpc) is 2.51. The maximum absolute atomic E-state index is 12.3. The van der Waals surface area contributed by atoms with Crippen molar-refractivity contribution in [2.75, 3.05) is 12.4 Å². The van der Waals surface area contributed by atoms with Crippen LogP contribution in [0.1, 0.15) is 12.5 Å². The molecule has 0 fully saturated rings. The summed E-state index contributed by atoms with van der Waals surface area (Å²) >= 11 is 11.9. The summed E-state index contributed by atoms with van der Waals surface area (Å²) in [5, 5.41) is 3.95. The van der Waals surface area contributed by atoms with Crippen molar-refractivity contribution < 1.29 is 4.79 Å². The van der Waals surface area contributed by atoms with Crippen molar-refractivity contribution in [3.8, 4) is 0 Å². The van der Waals surface area contributed by atoms with Gasteiger partial charge >= 0.3 is 0 Å². The third kappa shape index (κ3) is 4.47. The van der Waals surface area contributed by atoms with Gasteiger partial charge in [0.1, 0.15) is 0 Å². The lowest BCUT2D eigenvalue weighted by atomic mass is 10.2. The zero-order valence-corrected chi connectivity index (χ0v) is 14.0. The Morgan fingerprint density at radius 1 is 1.14 bits per heavy atom. The van der Waals surface area contributed by atoms with E-state index in [-0.39, 0.29) is 11.9 Å². The van der Waals surface area contributed by atoms with Crippen LogP contribution in [-0.4, -0.2) is 23.9 Å². The minimum absolute atomic E-state index is 0.0474. The van der Waals surface area contributed by atoms with Gasteiger partial charge in [-0.1, -0.05) is 47.5 Å². The van der Waals surface area contributed by atoms with Crippen LogP contribution >= 0.6 is 23.2 Å². The number of benzene rings is 2. The van der Waals surface area contributed by atoms with Gasteiger partial charge in [-0.25, -0.2) is 0 Å². The van der Waals surface area contributed by atoms with E-state index in [2.05, 4.69) is 5.32 Å². The van der Waals surface area contributed by atoms with Gasteiger partial charge in [0.2, 0.25) is 5.91 Å². The summed E-state index contributed by atoms with van der Waals surface area (Å²) in [4.78, 5) is 14.2. The Labute approximate surface area is 140 Å². The van der Waals surface area contributed by atoms with Gasteiger partial charge in [0, 0.05) is 12.2 Å². The van der Waals surface area contributed by atoms with E-state index in [1.807, 2.05) is 61.3 Å². The minimum Gasteiger partial charge on any atom is -0.325 e. The summed E-state index contributed by atoms with van der Waals surface area (Å²) in [5.41, 5.74) is 1.80. The Morgan fingerprint density at radius 3 is 2.45 bits per heavy atom. The molecule has 2 aromatic carbocycles. The first kappa shape index (κ1) is 16.8. The number of carbonyl (C=O) groups excluding carboxylic acids is 1. The number of nitrogens with zero attached hydrogens (tertiary/aromatic N) is 1. The SMILES string of the molecule is CC(C(=O)Nc1ccccc1)N(C)Cc1ccc(Cl)c(Cl)c1.